The van der Waals surface area contributed by atoms with Gasteiger partial charge < -0.3 is 10.6 Å². The fourth-order valence-corrected chi connectivity index (χ4v) is 2.28. The lowest BCUT2D eigenvalue weighted by atomic mass is 10.2. The highest BCUT2D eigenvalue weighted by atomic mass is 15.3. The van der Waals surface area contributed by atoms with Crippen LogP contribution >= 0.6 is 0 Å². The van der Waals surface area contributed by atoms with Crippen LogP contribution in [0.25, 0.3) is 11.0 Å². The fourth-order valence-electron chi connectivity index (χ4n) is 2.28. The predicted octanol–water partition coefficient (Wildman–Crippen LogP) is 2.39. The Morgan fingerprint density at radius 2 is 2.08 bits per heavy atom. The van der Waals surface area contributed by atoms with Crippen LogP contribution in [0.4, 0.5) is 17.5 Å². The van der Waals surface area contributed by atoms with E-state index in [1.54, 1.807) is 10.9 Å². The average molecular weight is 322 g/mol. The number of rotatable bonds is 5. The van der Waals surface area contributed by atoms with Gasteiger partial charge in [0.1, 0.15) is 5.52 Å². The first kappa shape index (κ1) is 15.7. The summed E-state index contributed by atoms with van der Waals surface area (Å²) in [5.74, 6) is 1.11. The molecule has 3 aromatic rings. The molecule has 0 atom stereocenters. The molecule has 8 heteroatoms. The molecule has 0 saturated carbocycles. The molecule has 0 saturated heterocycles. The van der Waals surface area contributed by atoms with Gasteiger partial charge in [-0.2, -0.15) is 15.3 Å². The Morgan fingerprint density at radius 3 is 2.75 bits per heavy atom. The van der Waals surface area contributed by atoms with Crippen LogP contribution in [-0.2, 0) is 13.5 Å². The van der Waals surface area contributed by atoms with Crippen LogP contribution in [0.1, 0.15) is 19.5 Å². The number of hydrogen-bond donors (Lipinski definition) is 2. The van der Waals surface area contributed by atoms with E-state index in [-0.39, 0.29) is 12.5 Å². The molecule has 0 unspecified atom stereocenters. The zero-order valence-corrected chi connectivity index (χ0v) is 13.8. The monoisotopic (exact) mass is 322 g/mol. The first-order valence-corrected chi connectivity index (χ1v) is 7.62. The number of nitrogens with one attached hydrogen (secondary N) is 2. The fraction of sp³-hybridized carbons (Fsp3) is 0.312. The Bertz CT molecular complexity index is 906. The maximum Gasteiger partial charge on any atom is 0.229 e. The Kier molecular flexibility index (Phi) is 4.24. The number of anilines is 3. The van der Waals surface area contributed by atoms with Crippen LogP contribution in [-0.4, -0.2) is 30.8 Å². The third kappa shape index (κ3) is 3.41. The summed E-state index contributed by atoms with van der Waals surface area (Å²) in [5.41, 5.74) is 2.88. The number of nitriles is 1. The maximum absolute atomic E-state index is 8.86. The van der Waals surface area contributed by atoms with E-state index in [0.29, 0.717) is 28.5 Å². The van der Waals surface area contributed by atoms with E-state index in [9.17, 15) is 0 Å². The standard InChI is InChI=1S/C16H18N8/c1-10(2)19-15-14-13(5-4-11(20-14)6-7-17)22-16(23-15)21-12-8-18-24(3)9-12/h4-5,8-10H,6H2,1-3H3,(H2,19,21,22,23). The lowest BCUT2D eigenvalue weighted by molar-refractivity contribution is 0.768. The summed E-state index contributed by atoms with van der Waals surface area (Å²) >= 11 is 0. The number of hydrogen-bond acceptors (Lipinski definition) is 7. The van der Waals surface area contributed by atoms with E-state index in [1.807, 2.05) is 39.2 Å². The van der Waals surface area contributed by atoms with Crippen molar-refractivity contribution in [3.05, 3.63) is 30.2 Å². The van der Waals surface area contributed by atoms with E-state index < -0.39 is 0 Å². The van der Waals surface area contributed by atoms with Crippen molar-refractivity contribution in [2.75, 3.05) is 10.6 Å². The Morgan fingerprint density at radius 1 is 1.25 bits per heavy atom. The zero-order valence-electron chi connectivity index (χ0n) is 13.8. The zero-order chi connectivity index (χ0) is 17.1. The highest BCUT2D eigenvalue weighted by molar-refractivity contribution is 5.86. The van der Waals surface area contributed by atoms with Gasteiger partial charge in [-0.3, -0.25) is 4.68 Å². The van der Waals surface area contributed by atoms with E-state index in [2.05, 4.69) is 36.8 Å². The lowest BCUT2D eigenvalue weighted by Crippen LogP contribution is -2.13. The van der Waals surface area contributed by atoms with Gasteiger partial charge in [-0.05, 0) is 26.0 Å². The summed E-state index contributed by atoms with van der Waals surface area (Å²) in [6.45, 7) is 4.06. The van der Waals surface area contributed by atoms with Gasteiger partial charge in [0, 0.05) is 19.3 Å². The van der Waals surface area contributed by atoms with Crippen molar-refractivity contribution in [1.29, 1.82) is 5.26 Å². The molecular weight excluding hydrogens is 304 g/mol. The number of pyridine rings is 1. The second-order valence-electron chi connectivity index (χ2n) is 5.73. The normalized spacial score (nSPS) is 10.8. The SMILES string of the molecule is CC(C)Nc1nc(Nc2cnn(C)c2)nc2ccc(CC#N)nc12. The minimum Gasteiger partial charge on any atom is -0.366 e. The van der Waals surface area contributed by atoms with Crippen LogP contribution in [0.2, 0.25) is 0 Å². The van der Waals surface area contributed by atoms with E-state index in [4.69, 9.17) is 5.26 Å². The van der Waals surface area contributed by atoms with Gasteiger partial charge in [0.2, 0.25) is 5.95 Å². The number of aromatic nitrogens is 5. The second-order valence-corrected chi connectivity index (χ2v) is 5.73. The van der Waals surface area contributed by atoms with Crippen LogP contribution in [0, 0.1) is 11.3 Å². The summed E-state index contributed by atoms with van der Waals surface area (Å²) in [6.07, 6.45) is 3.81. The third-order valence-electron chi connectivity index (χ3n) is 3.25. The van der Waals surface area contributed by atoms with Gasteiger partial charge in [0.15, 0.2) is 5.82 Å². The molecule has 0 aliphatic carbocycles. The molecule has 0 radical (unpaired) electrons. The maximum atomic E-state index is 8.86. The van der Waals surface area contributed by atoms with Gasteiger partial charge >= 0.3 is 0 Å². The van der Waals surface area contributed by atoms with Crippen LogP contribution < -0.4 is 10.6 Å². The molecule has 2 N–H and O–H groups in total. The molecule has 122 valence electrons. The highest BCUT2D eigenvalue weighted by Crippen LogP contribution is 2.23. The van der Waals surface area contributed by atoms with Gasteiger partial charge in [-0.15, -0.1) is 0 Å². The Labute approximate surface area is 139 Å². The van der Waals surface area contributed by atoms with E-state index >= 15 is 0 Å². The van der Waals surface area contributed by atoms with Gasteiger partial charge in [0.25, 0.3) is 0 Å². The molecule has 3 aromatic heterocycles. The molecule has 3 rings (SSSR count). The summed E-state index contributed by atoms with van der Waals surface area (Å²) in [6, 6.07) is 5.97. The first-order chi connectivity index (χ1) is 11.5. The number of aryl methyl sites for hydroxylation is 1. The molecule has 0 amide bonds. The van der Waals surface area contributed by atoms with Gasteiger partial charge in [-0.1, -0.05) is 0 Å². The largest absolute Gasteiger partial charge is 0.366 e. The van der Waals surface area contributed by atoms with Crippen molar-refractivity contribution in [2.24, 2.45) is 7.05 Å². The molecule has 24 heavy (non-hydrogen) atoms. The number of fused-ring (bicyclic) bond motifs is 1. The van der Waals surface area contributed by atoms with Crippen LogP contribution in [0.3, 0.4) is 0 Å². The third-order valence-corrected chi connectivity index (χ3v) is 3.25. The smallest absolute Gasteiger partial charge is 0.229 e. The summed E-state index contributed by atoms with van der Waals surface area (Å²) in [4.78, 5) is 13.6. The van der Waals surface area contributed by atoms with E-state index in [0.717, 1.165) is 5.69 Å². The van der Waals surface area contributed by atoms with Crippen LogP contribution in [0.5, 0.6) is 0 Å². The average Bonchev–Trinajstić information content (AvgIpc) is 2.92. The number of nitrogens with zero attached hydrogens (tertiary/aromatic N) is 6. The van der Waals surface area contributed by atoms with Gasteiger partial charge in [-0.25, -0.2) is 9.97 Å². The van der Waals surface area contributed by atoms with Crippen molar-refractivity contribution in [1.82, 2.24) is 24.7 Å². The molecule has 0 aromatic carbocycles. The molecule has 0 bridgehead atoms. The quantitative estimate of drug-likeness (QED) is 0.743. The summed E-state index contributed by atoms with van der Waals surface area (Å²) in [5, 5.41) is 19.4. The van der Waals surface area contributed by atoms with Gasteiger partial charge in [0.05, 0.1) is 35.6 Å². The minimum absolute atomic E-state index is 0.191. The molecule has 0 spiro atoms. The molecule has 0 aliphatic rings. The van der Waals surface area contributed by atoms with Crippen molar-refractivity contribution in [3.8, 4) is 6.07 Å². The highest BCUT2D eigenvalue weighted by Gasteiger charge is 2.12. The summed E-state index contributed by atoms with van der Waals surface area (Å²) in [7, 11) is 1.85. The molecule has 0 fully saturated rings. The van der Waals surface area contributed by atoms with Crippen molar-refractivity contribution in [3.63, 3.8) is 0 Å². The Hall–Kier alpha value is -3.21. The molecule has 8 nitrogen and oxygen atoms in total. The topological polar surface area (TPSA) is 104 Å². The Balaban J connectivity index is 2.05. The van der Waals surface area contributed by atoms with Crippen molar-refractivity contribution in [2.45, 2.75) is 26.3 Å². The van der Waals surface area contributed by atoms with Crippen molar-refractivity contribution >= 4 is 28.5 Å². The van der Waals surface area contributed by atoms with E-state index in [1.165, 1.54) is 0 Å². The molecule has 3 heterocycles. The summed E-state index contributed by atoms with van der Waals surface area (Å²) < 4.78 is 1.70. The lowest BCUT2D eigenvalue weighted by Gasteiger charge is -2.13. The van der Waals surface area contributed by atoms with Crippen molar-refractivity contribution < 1.29 is 0 Å². The molecule has 0 aliphatic heterocycles. The minimum atomic E-state index is 0.191. The van der Waals surface area contributed by atoms with Crippen LogP contribution in [0.15, 0.2) is 24.5 Å². The molecular formula is C16H18N8. The predicted molar refractivity (Wildman–Crippen MR) is 91.9 cm³/mol. The first-order valence-electron chi connectivity index (χ1n) is 7.62. The second kappa shape index (κ2) is 6.50.